The monoisotopic (exact) mass is 584 g/mol. The van der Waals surface area contributed by atoms with Crippen LogP contribution in [0.3, 0.4) is 0 Å². The highest BCUT2D eigenvalue weighted by atomic mass is 35.5. The van der Waals surface area contributed by atoms with Crippen molar-refractivity contribution in [2.45, 2.75) is 36.3 Å². The van der Waals surface area contributed by atoms with Crippen molar-refractivity contribution in [1.82, 2.24) is 4.98 Å². The summed E-state index contributed by atoms with van der Waals surface area (Å²) in [5.41, 5.74) is 3.96. The summed E-state index contributed by atoms with van der Waals surface area (Å²) in [7, 11) is -3.90. The number of carboxylic acids is 1. The van der Waals surface area contributed by atoms with E-state index in [-0.39, 0.29) is 51.1 Å². The number of H-pyrrole nitrogens is 1. The topological polar surface area (TPSA) is 133 Å². The van der Waals surface area contributed by atoms with E-state index in [4.69, 9.17) is 23.2 Å². The van der Waals surface area contributed by atoms with E-state index in [9.17, 15) is 27.9 Å². The van der Waals surface area contributed by atoms with Crippen LogP contribution >= 0.6 is 23.2 Å². The second-order valence-electron chi connectivity index (χ2n) is 9.47. The summed E-state index contributed by atoms with van der Waals surface area (Å²) in [6, 6.07) is 9.06. The van der Waals surface area contributed by atoms with Gasteiger partial charge in [-0.3, -0.25) is 14.4 Å². The van der Waals surface area contributed by atoms with Gasteiger partial charge in [0.2, 0.25) is 0 Å². The maximum atomic E-state index is 13.3. The SMILES string of the molecule is C=C1CC(=O)c2c([nH]c(/C=C3\C(=O)Nc4ccc(S(=O)(=O)Cc5c(Cl)cccc5Cl)cc43)c2CCC(=O)O)C1. The van der Waals surface area contributed by atoms with E-state index in [1.54, 1.807) is 18.2 Å². The van der Waals surface area contributed by atoms with E-state index < -0.39 is 27.5 Å². The number of nitrogens with one attached hydrogen (secondary N) is 2. The number of ketones is 1. The molecule has 0 spiro atoms. The van der Waals surface area contributed by atoms with Gasteiger partial charge < -0.3 is 15.4 Å². The number of aromatic nitrogens is 1. The van der Waals surface area contributed by atoms with Gasteiger partial charge in [-0.2, -0.15) is 0 Å². The van der Waals surface area contributed by atoms with Crippen molar-refractivity contribution < 1.29 is 27.9 Å². The molecule has 2 aliphatic rings. The maximum Gasteiger partial charge on any atom is 0.303 e. The minimum atomic E-state index is -3.90. The van der Waals surface area contributed by atoms with Gasteiger partial charge in [-0.25, -0.2) is 8.42 Å². The second kappa shape index (κ2) is 10.1. The number of benzene rings is 2. The summed E-state index contributed by atoms with van der Waals surface area (Å²) >= 11 is 12.4. The molecule has 1 aliphatic carbocycles. The molecule has 1 aromatic heterocycles. The Bertz CT molecular complexity index is 1720. The van der Waals surface area contributed by atoms with E-state index in [1.165, 1.54) is 24.3 Å². The molecule has 0 saturated heterocycles. The van der Waals surface area contributed by atoms with Gasteiger partial charge in [0.05, 0.1) is 16.2 Å². The number of hydrogen-bond acceptors (Lipinski definition) is 5. The normalized spacial score (nSPS) is 15.8. The highest BCUT2D eigenvalue weighted by molar-refractivity contribution is 7.90. The molecule has 0 atom stereocenters. The molecule has 0 fully saturated rings. The summed E-state index contributed by atoms with van der Waals surface area (Å²) in [5, 5.41) is 12.4. The molecule has 0 unspecified atom stereocenters. The van der Waals surface area contributed by atoms with Crippen molar-refractivity contribution in [3.63, 3.8) is 0 Å². The van der Waals surface area contributed by atoms with Gasteiger partial charge in [-0.15, -0.1) is 0 Å². The number of allylic oxidation sites excluding steroid dienone is 1. The Morgan fingerprint density at radius 1 is 1.08 bits per heavy atom. The first-order chi connectivity index (χ1) is 18.4. The molecule has 0 bridgehead atoms. The molecule has 0 saturated carbocycles. The van der Waals surface area contributed by atoms with Crippen molar-refractivity contribution in [3.8, 4) is 0 Å². The first-order valence-corrected chi connectivity index (χ1v) is 14.3. The van der Waals surface area contributed by atoms with Crippen LogP contribution in [0.5, 0.6) is 0 Å². The van der Waals surface area contributed by atoms with Gasteiger partial charge in [0, 0.05) is 63.1 Å². The maximum absolute atomic E-state index is 13.3. The number of anilines is 1. The first kappa shape index (κ1) is 26.9. The van der Waals surface area contributed by atoms with Crippen LogP contribution in [-0.2, 0) is 38.0 Å². The van der Waals surface area contributed by atoms with Crippen molar-refractivity contribution in [2.75, 3.05) is 5.32 Å². The Kier molecular flexibility index (Phi) is 7.00. The van der Waals surface area contributed by atoms with E-state index in [0.29, 0.717) is 40.2 Å². The fourth-order valence-corrected chi connectivity index (χ4v) is 7.04. The number of rotatable bonds is 7. The number of halogens is 2. The number of aromatic amines is 1. The number of aliphatic carboxylic acids is 1. The van der Waals surface area contributed by atoms with Gasteiger partial charge in [0.15, 0.2) is 15.6 Å². The third-order valence-electron chi connectivity index (χ3n) is 6.74. The summed E-state index contributed by atoms with van der Waals surface area (Å²) in [6.07, 6.45) is 2.01. The summed E-state index contributed by atoms with van der Waals surface area (Å²) in [6.45, 7) is 3.91. The van der Waals surface area contributed by atoms with Gasteiger partial charge >= 0.3 is 5.97 Å². The molecule has 1 aliphatic heterocycles. The minimum absolute atomic E-state index is 0.0250. The van der Waals surface area contributed by atoms with Gasteiger partial charge in [0.1, 0.15) is 0 Å². The smallest absolute Gasteiger partial charge is 0.303 e. The number of carbonyl (C=O) groups is 3. The molecular formula is C28H22Cl2N2O6S. The largest absolute Gasteiger partial charge is 0.481 e. The molecule has 8 nitrogen and oxygen atoms in total. The van der Waals surface area contributed by atoms with Gasteiger partial charge in [0.25, 0.3) is 5.91 Å². The quantitative estimate of drug-likeness (QED) is 0.248. The molecule has 2 aromatic carbocycles. The summed E-state index contributed by atoms with van der Waals surface area (Å²) in [5.74, 6) is -2.07. The fourth-order valence-electron chi connectivity index (χ4n) is 4.92. The zero-order valence-corrected chi connectivity index (χ0v) is 22.8. The third-order valence-corrected chi connectivity index (χ3v) is 9.09. The van der Waals surface area contributed by atoms with Crippen molar-refractivity contribution >= 4 is 68.0 Å². The lowest BCUT2D eigenvalue weighted by Crippen LogP contribution is -2.13. The zero-order chi connectivity index (χ0) is 28.1. The third kappa shape index (κ3) is 5.17. The Balaban J connectivity index is 1.58. The number of hydrogen-bond donors (Lipinski definition) is 3. The molecule has 3 N–H and O–H groups in total. The number of fused-ring (bicyclic) bond motifs is 2. The molecule has 11 heteroatoms. The molecule has 39 heavy (non-hydrogen) atoms. The average Bonchev–Trinajstić information content (AvgIpc) is 3.36. The lowest BCUT2D eigenvalue weighted by molar-refractivity contribution is -0.137. The predicted octanol–water partition coefficient (Wildman–Crippen LogP) is 5.49. The van der Waals surface area contributed by atoms with Crippen molar-refractivity contribution in [3.05, 3.63) is 92.2 Å². The molecule has 2 heterocycles. The van der Waals surface area contributed by atoms with E-state index >= 15 is 0 Å². The number of Topliss-reactive ketones (excluding diaryl/α,β-unsaturated/α-hetero) is 1. The Morgan fingerprint density at radius 3 is 2.49 bits per heavy atom. The summed E-state index contributed by atoms with van der Waals surface area (Å²) < 4.78 is 26.6. The number of carboxylic acid groups (broad SMARTS) is 1. The van der Waals surface area contributed by atoms with Crippen LogP contribution in [0.2, 0.25) is 10.0 Å². The first-order valence-electron chi connectivity index (χ1n) is 11.9. The molecule has 200 valence electrons. The Labute approximate surface area is 234 Å². The minimum Gasteiger partial charge on any atom is -0.481 e. The van der Waals surface area contributed by atoms with Crippen LogP contribution in [0.15, 0.2) is 53.4 Å². The van der Waals surface area contributed by atoms with E-state index in [1.807, 2.05) is 0 Å². The zero-order valence-electron chi connectivity index (χ0n) is 20.4. The van der Waals surface area contributed by atoms with Crippen molar-refractivity contribution in [1.29, 1.82) is 0 Å². The Morgan fingerprint density at radius 2 is 1.79 bits per heavy atom. The molecule has 0 radical (unpaired) electrons. The molecule has 5 rings (SSSR count). The fraction of sp³-hybridized carbons (Fsp3) is 0.179. The highest BCUT2D eigenvalue weighted by Gasteiger charge is 2.31. The van der Waals surface area contributed by atoms with Crippen LogP contribution in [-0.4, -0.2) is 36.2 Å². The van der Waals surface area contributed by atoms with Crippen molar-refractivity contribution in [2.24, 2.45) is 0 Å². The second-order valence-corrected chi connectivity index (χ2v) is 12.3. The lowest BCUT2D eigenvalue weighted by Gasteiger charge is -2.13. The van der Waals surface area contributed by atoms with Gasteiger partial charge in [-0.1, -0.05) is 41.4 Å². The number of sulfone groups is 1. The standard InChI is InChI=1S/C28H22Cl2N2O6S/c1-14-9-24-27(25(33)10-14)16(6-8-26(34)35)23(31-24)12-18-17-11-15(5-7-22(17)32-28(18)36)39(37,38)13-19-20(29)3-2-4-21(19)30/h2-5,7,11-12,31H,1,6,8-10,13H2,(H,32,36)(H,34,35)/b18-12-. The Hall–Kier alpha value is -3.66. The van der Waals surface area contributed by atoms with Crippen LogP contribution in [0.4, 0.5) is 5.69 Å². The van der Waals surface area contributed by atoms with Crippen LogP contribution in [0.1, 0.15) is 51.3 Å². The average molecular weight is 585 g/mol. The highest BCUT2D eigenvalue weighted by Crippen LogP contribution is 2.38. The van der Waals surface area contributed by atoms with Crippen LogP contribution in [0.25, 0.3) is 11.6 Å². The van der Waals surface area contributed by atoms with Crippen LogP contribution in [0, 0.1) is 0 Å². The number of carbonyl (C=O) groups excluding carboxylic acids is 2. The molecule has 1 amide bonds. The van der Waals surface area contributed by atoms with Gasteiger partial charge in [-0.05, 0) is 48.4 Å². The van der Waals surface area contributed by atoms with Crippen LogP contribution < -0.4 is 5.32 Å². The number of amides is 1. The van der Waals surface area contributed by atoms with E-state index in [0.717, 1.165) is 5.57 Å². The summed E-state index contributed by atoms with van der Waals surface area (Å²) in [4.78, 5) is 40.2. The van der Waals surface area contributed by atoms with E-state index in [2.05, 4.69) is 16.9 Å². The molecule has 3 aromatic rings. The lowest BCUT2D eigenvalue weighted by atomic mass is 9.89. The predicted molar refractivity (Wildman–Crippen MR) is 149 cm³/mol. The molecular weight excluding hydrogens is 563 g/mol.